The molecule has 0 saturated carbocycles. The molecule has 0 atom stereocenters. The average Bonchev–Trinajstić information content (AvgIpc) is 2.00. The number of nitrogens with one attached hydrogen (secondary N) is 1. The van der Waals surface area contributed by atoms with Crippen LogP contribution in [-0.4, -0.2) is 18.5 Å². The van der Waals surface area contributed by atoms with Crippen LogP contribution in [0.4, 0.5) is 4.79 Å². The van der Waals surface area contributed by atoms with E-state index in [-0.39, 0.29) is 12.3 Å². The number of urea groups is 1. The number of rotatable bonds is 3. The number of hydrogen-bond acceptors (Lipinski definition) is 2. The molecule has 4 heteroatoms. The van der Waals surface area contributed by atoms with E-state index in [0.717, 1.165) is 6.42 Å². The van der Waals surface area contributed by atoms with Gasteiger partial charge in [0.15, 0.2) is 0 Å². The van der Waals surface area contributed by atoms with Crippen molar-refractivity contribution in [2.45, 2.75) is 26.7 Å². The van der Waals surface area contributed by atoms with Crippen LogP contribution in [0.3, 0.4) is 0 Å². The second kappa shape index (κ2) is 5.70. The number of amides is 3. The summed E-state index contributed by atoms with van der Waals surface area (Å²) in [7, 11) is 0. The number of carbonyl (C=O) groups excluding carboxylic acids is 2. The van der Waals surface area contributed by atoms with Crippen molar-refractivity contribution >= 4 is 11.9 Å². The van der Waals surface area contributed by atoms with Gasteiger partial charge in [0, 0.05) is 13.0 Å². The monoisotopic (exact) mass is 157 g/mol. The number of hydrogen-bond donors (Lipinski definition) is 1. The van der Waals surface area contributed by atoms with E-state index >= 15 is 0 Å². The molecule has 0 aromatic rings. The SMILES string of the molecule is CCCNC(=O)[N]C(=O)CC. The number of carbonyl (C=O) groups is 2. The molecule has 0 aromatic carbocycles. The Morgan fingerprint density at radius 1 is 1.36 bits per heavy atom. The number of nitrogens with zero attached hydrogens (tertiary/aromatic N) is 1. The van der Waals surface area contributed by atoms with Crippen LogP contribution < -0.4 is 10.6 Å². The van der Waals surface area contributed by atoms with Crippen molar-refractivity contribution in [1.82, 2.24) is 10.6 Å². The molecule has 0 aromatic heterocycles. The van der Waals surface area contributed by atoms with Crippen LogP contribution >= 0.6 is 0 Å². The maximum absolute atomic E-state index is 10.7. The first-order valence-corrected chi connectivity index (χ1v) is 3.73. The Bertz CT molecular complexity index is 145. The molecular formula is C7H13N2O2. The third-order valence-electron chi connectivity index (χ3n) is 1.05. The summed E-state index contributed by atoms with van der Waals surface area (Å²) in [5.74, 6) is -0.376. The lowest BCUT2D eigenvalue weighted by Crippen LogP contribution is -2.33. The van der Waals surface area contributed by atoms with Gasteiger partial charge in [-0.1, -0.05) is 13.8 Å². The van der Waals surface area contributed by atoms with Gasteiger partial charge in [0.25, 0.3) is 0 Å². The van der Waals surface area contributed by atoms with Crippen LogP contribution in [0.2, 0.25) is 0 Å². The molecule has 0 aliphatic carbocycles. The molecule has 1 radical (unpaired) electrons. The van der Waals surface area contributed by atoms with Crippen molar-refractivity contribution in [2.24, 2.45) is 0 Å². The second-order valence-corrected chi connectivity index (χ2v) is 2.09. The quantitative estimate of drug-likeness (QED) is 0.653. The molecule has 0 heterocycles. The van der Waals surface area contributed by atoms with Crippen molar-refractivity contribution in [3.05, 3.63) is 0 Å². The van der Waals surface area contributed by atoms with E-state index in [1.165, 1.54) is 0 Å². The Labute approximate surface area is 66.4 Å². The summed E-state index contributed by atoms with van der Waals surface area (Å²) in [5.41, 5.74) is 0. The second-order valence-electron chi connectivity index (χ2n) is 2.09. The molecule has 0 saturated heterocycles. The van der Waals surface area contributed by atoms with E-state index in [9.17, 15) is 9.59 Å². The van der Waals surface area contributed by atoms with Crippen LogP contribution in [0.5, 0.6) is 0 Å². The predicted octanol–water partition coefficient (Wildman–Crippen LogP) is 0.647. The fraction of sp³-hybridized carbons (Fsp3) is 0.714. The van der Waals surface area contributed by atoms with E-state index in [1.807, 2.05) is 6.92 Å². The van der Waals surface area contributed by atoms with Gasteiger partial charge >= 0.3 is 6.03 Å². The molecule has 0 aliphatic heterocycles. The van der Waals surface area contributed by atoms with E-state index in [0.29, 0.717) is 6.54 Å². The third kappa shape index (κ3) is 5.39. The van der Waals surface area contributed by atoms with Crippen LogP contribution in [0.1, 0.15) is 26.7 Å². The van der Waals surface area contributed by atoms with Gasteiger partial charge in [0.1, 0.15) is 0 Å². The highest BCUT2D eigenvalue weighted by Gasteiger charge is 2.05. The average molecular weight is 157 g/mol. The zero-order valence-corrected chi connectivity index (χ0v) is 6.89. The van der Waals surface area contributed by atoms with Gasteiger partial charge in [0.05, 0.1) is 0 Å². The minimum atomic E-state index is -0.529. The first kappa shape index (κ1) is 9.94. The molecule has 3 amide bonds. The summed E-state index contributed by atoms with van der Waals surface area (Å²) in [6.45, 7) is 4.17. The first-order chi connectivity index (χ1) is 5.20. The van der Waals surface area contributed by atoms with Crippen LogP contribution in [0.25, 0.3) is 0 Å². The molecule has 11 heavy (non-hydrogen) atoms. The minimum Gasteiger partial charge on any atom is -0.336 e. The summed E-state index contributed by atoms with van der Waals surface area (Å²) in [6, 6.07) is -0.529. The Balaban J connectivity index is 3.44. The van der Waals surface area contributed by atoms with Crippen LogP contribution in [0.15, 0.2) is 0 Å². The summed E-state index contributed by atoms with van der Waals surface area (Å²) < 4.78 is 0. The Hall–Kier alpha value is -1.06. The molecule has 0 unspecified atom stereocenters. The standard InChI is InChI=1S/C7H13N2O2/c1-3-5-8-7(11)9-6(10)4-2/h3-5H2,1-2H3,(H,8,11). The molecule has 0 aliphatic rings. The van der Waals surface area contributed by atoms with Gasteiger partial charge < -0.3 is 5.32 Å². The van der Waals surface area contributed by atoms with Gasteiger partial charge in [0.2, 0.25) is 5.91 Å². The van der Waals surface area contributed by atoms with E-state index < -0.39 is 6.03 Å². The Morgan fingerprint density at radius 3 is 2.45 bits per heavy atom. The largest absolute Gasteiger partial charge is 0.344 e. The van der Waals surface area contributed by atoms with Gasteiger partial charge in [-0.2, -0.15) is 5.32 Å². The molecular weight excluding hydrogens is 144 g/mol. The number of imide groups is 1. The fourth-order valence-corrected chi connectivity index (χ4v) is 0.464. The zero-order valence-electron chi connectivity index (χ0n) is 6.89. The maximum atomic E-state index is 10.7. The van der Waals surface area contributed by atoms with Crippen molar-refractivity contribution < 1.29 is 9.59 Å². The normalized spacial score (nSPS) is 8.91. The van der Waals surface area contributed by atoms with Gasteiger partial charge in [-0.15, -0.1) is 0 Å². The molecule has 0 rings (SSSR count). The Kier molecular flexibility index (Phi) is 5.15. The highest BCUT2D eigenvalue weighted by atomic mass is 16.2. The van der Waals surface area contributed by atoms with Gasteiger partial charge in [-0.25, -0.2) is 4.79 Å². The first-order valence-electron chi connectivity index (χ1n) is 3.73. The van der Waals surface area contributed by atoms with Crippen molar-refractivity contribution in [1.29, 1.82) is 0 Å². The zero-order chi connectivity index (χ0) is 8.69. The topological polar surface area (TPSA) is 60.3 Å². The van der Waals surface area contributed by atoms with Crippen LogP contribution in [-0.2, 0) is 4.79 Å². The van der Waals surface area contributed by atoms with Crippen molar-refractivity contribution in [2.75, 3.05) is 6.54 Å². The molecule has 63 valence electrons. The Morgan fingerprint density at radius 2 is 2.00 bits per heavy atom. The van der Waals surface area contributed by atoms with Gasteiger partial charge in [-0.3, -0.25) is 4.79 Å². The van der Waals surface area contributed by atoms with E-state index in [4.69, 9.17) is 0 Å². The summed E-state index contributed by atoms with van der Waals surface area (Å²) in [4.78, 5) is 21.2. The lowest BCUT2D eigenvalue weighted by Gasteiger charge is -1.99. The maximum Gasteiger partial charge on any atom is 0.344 e. The summed E-state index contributed by atoms with van der Waals surface area (Å²) >= 11 is 0. The molecule has 0 fully saturated rings. The van der Waals surface area contributed by atoms with Gasteiger partial charge in [-0.05, 0) is 6.42 Å². The predicted molar refractivity (Wildman–Crippen MR) is 41.1 cm³/mol. The van der Waals surface area contributed by atoms with Crippen LogP contribution in [0, 0.1) is 0 Å². The van der Waals surface area contributed by atoms with E-state index in [1.54, 1.807) is 6.92 Å². The highest BCUT2D eigenvalue weighted by molar-refractivity contribution is 5.93. The summed E-state index contributed by atoms with van der Waals surface area (Å²) in [6.07, 6.45) is 1.13. The minimum absolute atomic E-state index is 0.277. The fourth-order valence-electron chi connectivity index (χ4n) is 0.464. The lowest BCUT2D eigenvalue weighted by molar-refractivity contribution is -0.119. The van der Waals surface area contributed by atoms with Crippen molar-refractivity contribution in [3.8, 4) is 0 Å². The third-order valence-corrected chi connectivity index (χ3v) is 1.05. The van der Waals surface area contributed by atoms with Crippen molar-refractivity contribution in [3.63, 3.8) is 0 Å². The highest BCUT2D eigenvalue weighted by Crippen LogP contribution is 1.78. The summed E-state index contributed by atoms with van der Waals surface area (Å²) in [5, 5.41) is 5.72. The molecule has 0 bridgehead atoms. The molecule has 4 nitrogen and oxygen atoms in total. The molecule has 0 spiro atoms. The lowest BCUT2D eigenvalue weighted by atomic mass is 10.4. The smallest absolute Gasteiger partial charge is 0.336 e. The molecule has 1 N–H and O–H groups in total. The van der Waals surface area contributed by atoms with E-state index in [2.05, 4.69) is 10.6 Å².